The Kier molecular flexibility index (Phi) is 5.94. The third kappa shape index (κ3) is 4.26. The van der Waals surface area contributed by atoms with Crippen molar-refractivity contribution in [2.24, 2.45) is 0 Å². The van der Waals surface area contributed by atoms with Crippen LogP contribution < -0.4 is 9.64 Å². The van der Waals surface area contributed by atoms with Crippen LogP contribution in [0.1, 0.15) is 12.0 Å². The van der Waals surface area contributed by atoms with E-state index in [1.165, 1.54) is 4.90 Å². The lowest BCUT2D eigenvalue weighted by molar-refractivity contribution is -0.121. The van der Waals surface area contributed by atoms with Crippen molar-refractivity contribution in [1.29, 1.82) is 5.26 Å². The zero-order valence-corrected chi connectivity index (χ0v) is 18.0. The van der Waals surface area contributed by atoms with Crippen LogP contribution in [0.3, 0.4) is 0 Å². The summed E-state index contributed by atoms with van der Waals surface area (Å²) in [6.07, 6.45) is 0.0350. The Labute approximate surface area is 188 Å². The highest BCUT2D eigenvalue weighted by Crippen LogP contribution is 2.36. The maximum absolute atomic E-state index is 13.0. The number of thioether (sulfide) groups is 1. The summed E-state index contributed by atoms with van der Waals surface area (Å²) in [7, 11) is 1.55. The number of hydrogen-bond acceptors (Lipinski definition) is 6. The number of halogens is 1. The summed E-state index contributed by atoms with van der Waals surface area (Å²) in [6, 6.07) is 19.4. The third-order valence-electron chi connectivity index (χ3n) is 4.81. The molecule has 2 heterocycles. The number of ether oxygens (including phenoxy) is 1. The highest BCUT2D eigenvalue weighted by atomic mass is 35.5. The largest absolute Gasteiger partial charge is 0.497 e. The molecule has 154 valence electrons. The molecule has 0 aliphatic carbocycles. The third-order valence-corrected chi connectivity index (χ3v) is 6.25. The van der Waals surface area contributed by atoms with Gasteiger partial charge in [0, 0.05) is 17.0 Å². The van der Waals surface area contributed by atoms with E-state index in [1.54, 1.807) is 55.6 Å². The molecule has 1 aliphatic rings. The van der Waals surface area contributed by atoms with E-state index in [9.17, 15) is 14.9 Å². The number of imide groups is 1. The Morgan fingerprint density at radius 1 is 1.10 bits per heavy atom. The van der Waals surface area contributed by atoms with Gasteiger partial charge in [-0.15, -0.1) is 0 Å². The molecule has 1 aromatic heterocycles. The molecule has 2 aromatic carbocycles. The number of nitrogens with zero attached hydrogens (tertiary/aromatic N) is 3. The molecule has 8 heteroatoms. The van der Waals surface area contributed by atoms with E-state index in [0.29, 0.717) is 32.7 Å². The molecule has 31 heavy (non-hydrogen) atoms. The highest BCUT2D eigenvalue weighted by molar-refractivity contribution is 8.00. The first-order valence-electron chi connectivity index (χ1n) is 9.34. The Bertz CT molecular complexity index is 1190. The molecule has 3 aromatic rings. The van der Waals surface area contributed by atoms with Crippen LogP contribution >= 0.6 is 23.4 Å². The van der Waals surface area contributed by atoms with Crippen molar-refractivity contribution in [3.05, 3.63) is 71.2 Å². The van der Waals surface area contributed by atoms with Crippen LogP contribution in [0.25, 0.3) is 11.3 Å². The summed E-state index contributed by atoms with van der Waals surface area (Å²) in [6.45, 7) is 0. The van der Waals surface area contributed by atoms with E-state index in [0.717, 1.165) is 17.3 Å². The number of anilines is 1. The Balaban J connectivity index is 1.60. The number of benzene rings is 2. The van der Waals surface area contributed by atoms with Crippen LogP contribution in [0.4, 0.5) is 5.69 Å². The monoisotopic (exact) mass is 449 g/mol. The molecule has 0 radical (unpaired) electrons. The molecule has 0 unspecified atom stereocenters. The lowest BCUT2D eigenvalue weighted by Gasteiger charge is -2.15. The molecule has 1 aliphatic heterocycles. The number of nitriles is 1. The molecule has 0 saturated carbocycles. The van der Waals surface area contributed by atoms with Crippen LogP contribution in [0.15, 0.2) is 65.7 Å². The Hall–Kier alpha value is -3.34. The summed E-state index contributed by atoms with van der Waals surface area (Å²) in [5.74, 6) is 0.0124. The van der Waals surface area contributed by atoms with Crippen LogP contribution in [-0.2, 0) is 9.59 Å². The molecular weight excluding hydrogens is 434 g/mol. The fraction of sp³-hybridized carbons (Fsp3) is 0.130. The van der Waals surface area contributed by atoms with E-state index >= 15 is 0 Å². The predicted molar refractivity (Wildman–Crippen MR) is 119 cm³/mol. The minimum atomic E-state index is -0.658. The van der Waals surface area contributed by atoms with Crippen molar-refractivity contribution < 1.29 is 14.3 Å². The second-order valence-electron chi connectivity index (χ2n) is 6.74. The standard InChI is InChI=1S/C23H16ClN3O3S/c1-30-18-9-7-17(8-10-18)27-21(28)12-20(23(27)29)31-22-15(13-25)4-11-19(26-22)14-2-5-16(24)6-3-14/h2-11,20H,12H2,1H3/t20-/m0/s1. The normalized spacial score (nSPS) is 15.8. The number of carbonyl (C=O) groups excluding carboxylic acids is 2. The first kappa shape index (κ1) is 20.9. The van der Waals surface area contributed by atoms with Gasteiger partial charge in [-0.05, 0) is 48.5 Å². The lowest BCUT2D eigenvalue weighted by atomic mass is 10.1. The zero-order chi connectivity index (χ0) is 22.0. The molecule has 0 N–H and O–H groups in total. The number of hydrogen-bond donors (Lipinski definition) is 0. The van der Waals surface area contributed by atoms with Gasteiger partial charge in [0.2, 0.25) is 11.8 Å². The number of aromatic nitrogens is 1. The highest BCUT2D eigenvalue weighted by Gasteiger charge is 2.40. The zero-order valence-electron chi connectivity index (χ0n) is 16.4. The summed E-state index contributed by atoms with van der Waals surface area (Å²) in [5, 5.41) is 9.86. The minimum absolute atomic E-state index is 0.0350. The quantitative estimate of drug-likeness (QED) is 0.525. The smallest absolute Gasteiger partial charge is 0.247 e. The molecule has 1 fully saturated rings. The topological polar surface area (TPSA) is 83.3 Å². The van der Waals surface area contributed by atoms with E-state index < -0.39 is 5.25 Å². The van der Waals surface area contributed by atoms with Gasteiger partial charge >= 0.3 is 0 Å². The molecule has 1 saturated heterocycles. The van der Waals surface area contributed by atoms with Gasteiger partial charge in [0.05, 0.1) is 29.3 Å². The maximum atomic E-state index is 13.0. The first-order chi connectivity index (χ1) is 15.0. The lowest BCUT2D eigenvalue weighted by Crippen LogP contribution is -2.31. The van der Waals surface area contributed by atoms with Crippen LogP contribution in [0.5, 0.6) is 5.75 Å². The average molecular weight is 450 g/mol. The number of amides is 2. The fourth-order valence-electron chi connectivity index (χ4n) is 3.23. The molecule has 0 spiro atoms. The predicted octanol–water partition coefficient (Wildman–Crippen LogP) is 4.71. The van der Waals surface area contributed by atoms with Gasteiger partial charge in [-0.25, -0.2) is 9.88 Å². The average Bonchev–Trinajstić information content (AvgIpc) is 3.07. The van der Waals surface area contributed by atoms with Crippen molar-refractivity contribution in [1.82, 2.24) is 4.98 Å². The van der Waals surface area contributed by atoms with Crippen molar-refractivity contribution in [3.8, 4) is 23.1 Å². The molecular formula is C23H16ClN3O3S. The number of carbonyl (C=O) groups is 2. The molecule has 4 rings (SSSR count). The van der Waals surface area contributed by atoms with Crippen LogP contribution in [0, 0.1) is 11.3 Å². The second kappa shape index (κ2) is 8.80. The number of rotatable bonds is 5. The summed E-state index contributed by atoms with van der Waals surface area (Å²) in [5.41, 5.74) is 2.33. The van der Waals surface area contributed by atoms with E-state index in [2.05, 4.69) is 11.1 Å². The van der Waals surface area contributed by atoms with Gasteiger partial charge in [-0.1, -0.05) is 35.5 Å². The van der Waals surface area contributed by atoms with Crippen LogP contribution in [-0.4, -0.2) is 29.2 Å². The SMILES string of the molecule is COc1ccc(N2C(=O)C[C@H](Sc3nc(-c4ccc(Cl)cc4)ccc3C#N)C2=O)cc1. The van der Waals surface area contributed by atoms with Crippen molar-refractivity contribution in [2.45, 2.75) is 16.7 Å². The molecule has 0 bridgehead atoms. The molecule has 1 atom stereocenters. The maximum Gasteiger partial charge on any atom is 0.247 e. The number of methoxy groups -OCH3 is 1. The summed E-state index contributed by atoms with van der Waals surface area (Å²) >= 11 is 7.09. The molecule has 2 amide bonds. The van der Waals surface area contributed by atoms with Crippen molar-refractivity contribution in [3.63, 3.8) is 0 Å². The van der Waals surface area contributed by atoms with Crippen molar-refractivity contribution >= 4 is 40.9 Å². The summed E-state index contributed by atoms with van der Waals surface area (Å²) < 4.78 is 5.13. The van der Waals surface area contributed by atoms with Gasteiger partial charge in [0.25, 0.3) is 0 Å². The Morgan fingerprint density at radius 3 is 2.45 bits per heavy atom. The van der Waals surface area contributed by atoms with Crippen molar-refractivity contribution in [2.75, 3.05) is 12.0 Å². The van der Waals surface area contributed by atoms with Crippen LogP contribution in [0.2, 0.25) is 5.02 Å². The van der Waals surface area contributed by atoms with Gasteiger partial charge in [0.15, 0.2) is 0 Å². The fourth-order valence-corrected chi connectivity index (χ4v) is 4.45. The Morgan fingerprint density at radius 2 is 1.81 bits per heavy atom. The first-order valence-corrected chi connectivity index (χ1v) is 10.6. The number of pyridine rings is 1. The summed E-state index contributed by atoms with van der Waals surface area (Å²) in [4.78, 5) is 31.3. The van der Waals surface area contributed by atoms with E-state index in [1.807, 2.05) is 12.1 Å². The minimum Gasteiger partial charge on any atom is -0.497 e. The van der Waals surface area contributed by atoms with Gasteiger partial charge in [0.1, 0.15) is 16.8 Å². The molecule has 6 nitrogen and oxygen atoms in total. The van der Waals surface area contributed by atoms with Gasteiger partial charge in [-0.3, -0.25) is 9.59 Å². The van der Waals surface area contributed by atoms with Gasteiger partial charge < -0.3 is 4.74 Å². The second-order valence-corrected chi connectivity index (χ2v) is 8.37. The van der Waals surface area contributed by atoms with E-state index in [4.69, 9.17) is 16.3 Å². The van der Waals surface area contributed by atoms with Gasteiger partial charge in [-0.2, -0.15) is 5.26 Å². The van der Waals surface area contributed by atoms with E-state index in [-0.39, 0.29) is 18.2 Å².